The maximum atomic E-state index is 11.4. The number of primary amides is 1. The molecule has 0 atom stereocenters. The fraction of sp³-hybridized carbons (Fsp3) is 0.536. The Kier molecular flexibility index (Phi) is 13.2. The molecule has 1 heterocycles. The molecule has 1 amide bonds. The molecule has 1 aliphatic rings. The maximum absolute atomic E-state index is 11.4. The first kappa shape index (κ1) is 28.5. The Morgan fingerprint density at radius 1 is 1.18 bits per heavy atom. The van der Waals surface area contributed by atoms with Crippen LogP contribution in [0.4, 0.5) is 0 Å². The van der Waals surface area contributed by atoms with E-state index in [0.29, 0.717) is 0 Å². The quantitative estimate of drug-likeness (QED) is 0.428. The molecule has 1 aromatic rings. The molecule has 0 saturated carbocycles. The third-order valence-corrected chi connectivity index (χ3v) is 5.77. The van der Waals surface area contributed by atoms with E-state index in [1.165, 1.54) is 5.57 Å². The van der Waals surface area contributed by atoms with Crippen LogP contribution in [0.15, 0.2) is 42.5 Å². The zero-order valence-electron chi connectivity index (χ0n) is 21.6. The summed E-state index contributed by atoms with van der Waals surface area (Å²) in [6, 6.07) is 4.15. The molecular formula is C28H44N2O3. The van der Waals surface area contributed by atoms with Crippen molar-refractivity contribution in [2.45, 2.75) is 59.8 Å². The van der Waals surface area contributed by atoms with Crippen LogP contribution in [-0.4, -0.2) is 44.7 Å². The summed E-state index contributed by atoms with van der Waals surface area (Å²) in [6.45, 7) is 15.2. The lowest BCUT2D eigenvalue weighted by Gasteiger charge is -2.30. The van der Waals surface area contributed by atoms with Gasteiger partial charge in [0.2, 0.25) is 5.91 Å². The average Bonchev–Trinajstić information content (AvgIpc) is 2.83. The van der Waals surface area contributed by atoms with E-state index in [0.717, 1.165) is 79.9 Å². The summed E-state index contributed by atoms with van der Waals surface area (Å²) < 4.78 is 11.2. The number of hydrogen-bond acceptors (Lipinski definition) is 4. The van der Waals surface area contributed by atoms with Crippen LogP contribution in [0.3, 0.4) is 0 Å². The van der Waals surface area contributed by atoms with Crippen molar-refractivity contribution >= 4 is 11.5 Å². The Morgan fingerprint density at radius 2 is 1.85 bits per heavy atom. The molecule has 1 saturated heterocycles. The van der Waals surface area contributed by atoms with E-state index in [4.69, 9.17) is 15.2 Å². The second kappa shape index (κ2) is 15.3. The molecule has 0 spiro atoms. The van der Waals surface area contributed by atoms with Gasteiger partial charge < -0.3 is 15.2 Å². The van der Waals surface area contributed by atoms with Gasteiger partial charge in [0.1, 0.15) is 0 Å². The molecule has 33 heavy (non-hydrogen) atoms. The van der Waals surface area contributed by atoms with E-state index >= 15 is 0 Å². The van der Waals surface area contributed by atoms with Gasteiger partial charge in [-0.25, -0.2) is 0 Å². The molecule has 0 unspecified atom stereocenters. The fourth-order valence-electron chi connectivity index (χ4n) is 4.04. The number of nitrogens with two attached hydrogens (primary N) is 1. The van der Waals surface area contributed by atoms with E-state index in [1.807, 2.05) is 19.9 Å². The van der Waals surface area contributed by atoms with Crippen molar-refractivity contribution in [3.8, 4) is 11.5 Å². The first-order valence-corrected chi connectivity index (χ1v) is 12.3. The van der Waals surface area contributed by atoms with Crippen molar-refractivity contribution in [2.24, 2.45) is 11.7 Å². The normalized spacial score (nSPS) is 15.2. The minimum atomic E-state index is -0.175. The number of benzene rings is 1. The van der Waals surface area contributed by atoms with Crippen molar-refractivity contribution in [2.75, 3.05) is 33.9 Å². The largest absolute Gasteiger partial charge is 0.493 e. The van der Waals surface area contributed by atoms with Gasteiger partial charge in [0.15, 0.2) is 11.5 Å². The van der Waals surface area contributed by atoms with Gasteiger partial charge in [-0.15, -0.1) is 0 Å². The maximum Gasteiger partial charge on any atom is 0.220 e. The summed E-state index contributed by atoms with van der Waals surface area (Å²) in [6.07, 6.45) is 11.1. The third kappa shape index (κ3) is 8.73. The van der Waals surface area contributed by atoms with Crippen LogP contribution < -0.4 is 15.2 Å². The molecule has 0 aromatic heterocycles. The summed E-state index contributed by atoms with van der Waals surface area (Å²) in [5, 5.41) is 0. The van der Waals surface area contributed by atoms with E-state index in [-0.39, 0.29) is 11.8 Å². The Hall–Kier alpha value is -2.53. The van der Waals surface area contributed by atoms with Crippen LogP contribution in [-0.2, 0) is 11.2 Å². The fourth-order valence-corrected chi connectivity index (χ4v) is 4.04. The number of amides is 1. The highest BCUT2D eigenvalue weighted by Crippen LogP contribution is 2.35. The molecule has 5 nitrogen and oxygen atoms in total. The second-order valence-corrected chi connectivity index (χ2v) is 8.13. The average molecular weight is 457 g/mol. The number of carbonyl (C=O) groups excluding carboxylic acids is 1. The summed E-state index contributed by atoms with van der Waals surface area (Å²) >= 11 is 0. The number of likely N-dealkylation sites (tertiary alicyclic amines) is 1. The number of hydrogen-bond donors (Lipinski definition) is 1. The number of aryl methyl sites for hydroxylation is 1. The van der Waals surface area contributed by atoms with Crippen molar-refractivity contribution in [1.82, 2.24) is 4.90 Å². The number of nitrogens with zero attached hydrogens (tertiary/aromatic N) is 1. The van der Waals surface area contributed by atoms with Crippen LogP contribution >= 0.6 is 0 Å². The molecular weight excluding hydrogens is 412 g/mol. The molecule has 0 radical (unpaired) electrons. The van der Waals surface area contributed by atoms with Crippen LogP contribution in [0.5, 0.6) is 11.5 Å². The first-order valence-electron chi connectivity index (χ1n) is 12.3. The topological polar surface area (TPSA) is 64.8 Å². The lowest BCUT2D eigenvalue weighted by atomic mass is 9.95. The minimum absolute atomic E-state index is 0.00794. The monoisotopic (exact) mass is 456 g/mol. The van der Waals surface area contributed by atoms with Crippen molar-refractivity contribution in [1.29, 1.82) is 0 Å². The second-order valence-electron chi connectivity index (χ2n) is 8.13. The minimum Gasteiger partial charge on any atom is -0.493 e. The number of piperidine rings is 1. The zero-order chi connectivity index (χ0) is 24.8. The first-order chi connectivity index (χ1) is 15.9. The van der Waals surface area contributed by atoms with Gasteiger partial charge in [-0.2, -0.15) is 0 Å². The summed E-state index contributed by atoms with van der Waals surface area (Å²) in [5.41, 5.74) is 9.80. The smallest absolute Gasteiger partial charge is 0.220 e. The number of rotatable bonds is 11. The molecule has 2 rings (SSSR count). The SMILES string of the molecule is C=C(/C=C(\C=C/CC)CN1CCC(C(N)=O)CC1)c1cc(CCC)c(OC)c(OC)c1.CC. The van der Waals surface area contributed by atoms with Gasteiger partial charge in [0.25, 0.3) is 0 Å². The highest BCUT2D eigenvalue weighted by atomic mass is 16.5. The highest BCUT2D eigenvalue weighted by Gasteiger charge is 2.23. The van der Waals surface area contributed by atoms with E-state index < -0.39 is 0 Å². The van der Waals surface area contributed by atoms with Gasteiger partial charge in [-0.3, -0.25) is 9.69 Å². The number of allylic oxidation sites excluding steroid dienone is 3. The Labute approximate surface area is 201 Å². The highest BCUT2D eigenvalue weighted by molar-refractivity contribution is 5.77. The van der Waals surface area contributed by atoms with E-state index in [9.17, 15) is 4.79 Å². The summed E-state index contributed by atoms with van der Waals surface area (Å²) in [5.74, 6) is 1.37. The number of carbonyl (C=O) groups is 1. The van der Waals surface area contributed by atoms with Gasteiger partial charge in [0, 0.05) is 12.5 Å². The molecule has 1 fully saturated rings. The predicted molar refractivity (Wildman–Crippen MR) is 140 cm³/mol. The molecule has 1 aliphatic heterocycles. The van der Waals surface area contributed by atoms with Crippen molar-refractivity contribution in [3.05, 3.63) is 53.6 Å². The standard InChI is InChI=1S/C26H38N2O3.C2H6/c1-6-8-10-20(18-28-13-11-21(12-14-28)26(27)29)15-19(3)23-16-22(9-7-2)25(31-5)24(17-23)30-4;1-2/h8,10,15-17,21H,3,6-7,9,11-14,18H2,1-2,4-5H3,(H2,27,29);1-2H3/b10-8-,20-15+;. The van der Waals surface area contributed by atoms with Crippen LogP contribution in [0.2, 0.25) is 0 Å². The van der Waals surface area contributed by atoms with Gasteiger partial charge >= 0.3 is 0 Å². The zero-order valence-corrected chi connectivity index (χ0v) is 21.6. The Morgan fingerprint density at radius 3 is 2.36 bits per heavy atom. The molecule has 0 aliphatic carbocycles. The third-order valence-electron chi connectivity index (χ3n) is 5.77. The number of methoxy groups -OCH3 is 2. The van der Waals surface area contributed by atoms with Crippen LogP contribution in [0.1, 0.15) is 64.5 Å². The van der Waals surface area contributed by atoms with Crippen LogP contribution in [0, 0.1) is 5.92 Å². The van der Waals surface area contributed by atoms with Crippen molar-refractivity contribution < 1.29 is 14.3 Å². The van der Waals surface area contributed by atoms with E-state index in [1.54, 1.807) is 14.2 Å². The summed E-state index contributed by atoms with van der Waals surface area (Å²) in [4.78, 5) is 13.8. The molecule has 1 aromatic carbocycles. The predicted octanol–water partition coefficient (Wildman–Crippen LogP) is 5.79. The van der Waals surface area contributed by atoms with Gasteiger partial charge in [0.05, 0.1) is 14.2 Å². The van der Waals surface area contributed by atoms with Crippen molar-refractivity contribution in [3.63, 3.8) is 0 Å². The van der Waals surface area contributed by atoms with E-state index in [2.05, 4.69) is 49.6 Å². The van der Waals surface area contributed by atoms with Gasteiger partial charge in [-0.1, -0.05) is 58.9 Å². The summed E-state index contributed by atoms with van der Waals surface area (Å²) in [7, 11) is 3.35. The molecule has 0 bridgehead atoms. The Balaban J connectivity index is 0.00000265. The molecule has 184 valence electrons. The van der Waals surface area contributed by atoms with Crippen LogP contribution in [0.25, 0.3) is 5.57 Å². The van der Waals surface area contributed by atoms with Gasteiger partial charge in [-0.05, 0) is 73.2 Å². The Bertz CT molecular complexity index is 819. The lowest BCUT2D eigenvalue weighted by molar-refractivity contribution is -0.123. The lowest BCUT2D eigenvalue weighted by Crippen LogP contribution is -2.39. The molecule has 5 heteroatoms. The molecule has 2 N–H and O–H groups in total. The number of ether oxygens (including phenoxy) is 2.